The molecular formula is C13H11N3O3. The second-order valence-electron chi connectivity index (χ2n) is 4.10. The smallest absolute Gasteiger partial charge is 0.337 e. The zero-order valence-corrected chi connectivity index (χ0v) is 10.2. The fourth-order valence-corrected chi connectivity index (χ4v) is 1.97. The predicted molar refractivity (Wildman–Crippen MR) is 67.9 cm³/mol. The minimum Gasteiger partial charge on any atom is -0.478 e. The van der Waals surface area contributed by atoms with Crippen LogP contribution in [-0.2, 0) is 6.42 Å². The first-order valence-electron chi connectivity index (χ1n) is 5.85. The number of rotatable bonds is 3. The number of aryl methyl sites for hydroxylation is 1. The van der Waals surface area contributed by atoms with Crippen molar-refractivity contribution in [2.75, 3.05) is 0 Å². The minimum atomic E-state index is -1.01. The van der Waals surface area contributed by atoms with Gasteiger partial charge in [-0.1, -0.05) is 6.92 Å². The highest BCUT2D eigenvalue weighted by Crippen LogP contribution is 2.24. The molecule has 2 N–H and O–H groups in total. The van der Waals surface area contributed by atoms with Crippen molar-refractivity contribution in [3.05, 3.63) is 35.9 Å². The van der Waals surface area contributed by atoms with Crippen LogP contribution in [0.4, 0.5) is 0 Å². The van der Waals surface area contributed by atoms with Crippen LogP contribution in [0.5, 0.6) is 0 Å². The topological polar surface area (TPSA) is 92.0 Å². The van der Waals surface area contributed by atoms with E-state index in [2.05, 4.69) is 15.0 Å². The van der Waals surface area contributed by atoms with Crippen LogP contribution in [0.25, 0.3) is 22.6 Å². The van der Waals surface area contributed by atoms with E-state index in [1.165, 1.54) is 12.3 Å². The molecule has 3 rings (SSSR count). The van der Waals surface area contributed by atoms with Gasteiger partial charge in [0.05, 0.1) is 22.9 Å². The molecule has 0 atom stereocenters. The summed E-state index contributed by atoms with van der Waals surface area (Å²) in [5.41, 5.74) is 2.09. The van der Waals surface area contributed by atoms with Crippen molar-refractivity contribution in [3.63, 3.8) is 0 Å². The van der Waals surface area contributed by atoms with Gasteiger partial charge in [0.2, 0.25) is 0 Å². The molecule has 0 spiro atoms. The quantitative estimate of drug-likeness (QED) is 0.752. The van der Waals surface area contributed by atoms with Crippen molar-refractivity contribution in [2.24, 2.45) is 0 Å². The summed E-state index contributed by atoms with van der Waals surface area (Å²) in [4.78, 5) is 22.3. The molecule has 0 aromatic carbocycles. The van der Waals surface area contributed by atoms with Crippen LogP contribution in [0, 0.1) is 0 Å². The Balaban J connectivity index is 2.14. The molecular weight excluding hydrogens is 246 g/mol. The van der Waals surface area contributed by atoms with Gasteiger partial charge in [-0.05, 0) is 12.1 Å². The van der Waals surface area contributed by atoms with Gasteiger partial charge in [-0.25, -0.2) is 14.8 Å². The number of nitrogens with zero attached hydrogens (tertiary/aromatic N) is 2. The molecule has 3 aromatic heterocycles. The Kier molecular flexibility index (Phi) is 2.56. The van der Waals surface area contributed by atoms with Crippen LogP contribution < -0.4 is 0 Å². The van der Waals surface area contributed by atoms with E-state index in [-0.39, 0.29) is 5.56 Å². The van der Waals surface area contributed by atoms with Gasteiger partial charge in [0.1, 0.15) is 11.6 Å². The van der Waals surface area contributed by atoms with Gasteiger partial charge in [-0.3, -0.25) is 0 Å². The number of H-pyrrole nitrogens is 1. The fourth-order valence-electron chi connectivity index (χ4n) is 1.97. The van der Waals surface area contributed by atoms with Gasteiger partial charge >= 0.3 is 5.97 Å². The second kappa shape index (κ2) is 4.24. The van der Waals surface area contributed by atoms with Crippen LogP contribution in [0.3, 0.4) is 0 Å². The monoisotopic (exact) mass is 257 g/mol. The molecule has 0 saturated heterocycles. The number of fused-ring (bicyclic) bond motifs is 1. The molecule has 96 valence electrons. The molecule has 0 aliphatic carbocycles. The summed E-state index contributed by atoms with van der Waals surface area (Å²) < 4.78 is 5.35. The number of aromatic amines is 1. The SMILES string of the molecule is CCc1occc1-c1nc2ncc(C(=O)O)cc2[nH]1. The lowest BCUT2D eigenvalue weighted by Gasteiger charge is -1.94. The van der Waals surface area contributed by atoms with Crippen molar-refractivity contribution in [1.82, 2.24) is 15.0 Å². The lowest BCUT2D eigenvalue weighted by molar-refractivity contribution is 0.0696. The molecule has 0 aliphatic rings. The third-order valence-corrected chi connectivity index (χ3v) is 2.91. The molecule has 0 aliphatic heterocycles. The number of hydrogen-bond acceptors (Lipinski definition) is 4. The van der Waals surface area contributed by atoms with Gasteiger partial charge in [-0.15, -0.1) is 0 Å². The number of hydrogen-bond donors (Lipinski definition) is 2. The van der Waals surface area contributed by atoms with Crippen LogP contribution in [-0.4, -0.2) is 26.0 Å². The highest BCUT2D eigenvalue weighted by atomic mass is 16.4. The van der Waals surface area contributed by atoms with Crippen molar-refractivity contribution in [2.45, 2.75) is 13.3 Å². The van der Waals surface area contributed by atoms with E-state index in [1.54, 1.807) is 6.26 Å². The first-order chi connectivity index (χ1) is 9.19. The predicted octanol–water partition coefficient (Wildman–Crippen LogP) is 2.48. The normalized spacial score (nSPS) is 11.0. The molecule has 0 fully saturated rings. The molecule has 0 radical (unpaired) electrons. The Morgan fingerprint density at radius 1 is 1.53 bits per heavy atom. The third-order valence-electron chi connectivity index (χ3n) is 2.91. The maximum atomic E-state index is 10.9. The van der Waals surface area contributed by atoms with Crippen molar-refractivity contribution < 1.29 is 14.3 Å². The van der Waals surface area contributed by atoms with E-state index < -0.39 is 5.97 Å². The zero-order chi connectivity index (χ0) is 13.4. The second-order valence-corrected chi connectivity index (χ2v) is 4.10. The Labute approximate surface area is 108 Å². The van der Waals surface area contributed by atoms with E-state index in [4.69, 9.17) is 9.52 Å². The van der Waals surface area contributed by atoms with Crippen LogP contribution in [0.2, 0.25) is 0 Å². The number of carboxylic acids is 1. The molecule has 0 bridgehead atoms. The first kappa shape index (κ1) is 11.5. The standard InChI is InChI=1S/C13H11N3O3/c1-2-10-8(3-4-19-10)11-15-9-5-7(13(17)18)6-14-12(9)16-11/h3-6H,2H2,1H3,(H,17,18)(H,14,15,16). The summed E-state index contributed by atoms with van der Waals surface area (Å²) in [5.74, 6) is 0.455. The largest absolute Gasteiger partial charge is 0.478 e. The average molecular weight is 257 g/mol. The Morgan fingerprint density at radius 2 is 2.37 bits per heavy atom. The Morgan fingerprint density at radius 3 is 3.11 bits per heavy atom. The molecule has 19 heavy (non-hydrogen) atoms. The van der Waals surface area contributed by atoms with Gasteiger partial charge in [0.15, 0.2) is 5.65 Å². The van der Waals surface area contributed by atoms with Gasteiger partial charge in [-0.2, -0.15) is 0 Å². The highest BCUT2D eigenvalue weighted by Gasteiger charge is 2.13. The number of furan rings is 1. The number of pyridine rings is 1. The van der Waals surface area contributed by atoms with Gasteiger partial charge in [0.25, 0.3) is 0 Å². The molecule has 6 heteroatoms. The number of imidazole rings is 1. The summed E-state index contributed by atoms with van der Waals surface area (Å²) in [6.45, 7) is 1.99. The highest BCUT2D eigenvalue weighted by molar-refractivity contribution is 5.91. The zero-order valence-electron chi connectivity index (χ0n) is 10.2. The van der Waals surface area contributed by atoms with E-state index in [1.807, 2.05) is 13.0 Å². The van der Waals surface area contributed by atoms with Gasteiger partial charge < -0.3 is 14.5 Å². The molecule has 3 aromatic rings. The number of nitrogens with one attached hydrogen (secondary N) is 1. The Bertz CT molecular complexity index is 757. The minimum absolute atomic E-state index is 0.130. The van der Waals surface area contributed by atoms with Crippen LogP contribution >= 0.6 is 0 Å². The molecule has 0 amide bonds. The summed E-state index contributed by atoms with van der Waals surface area (Å²) in [7, 11) is 0. The van der Waals surface area contributed by atoms with Crippen LogP contribution in [0.1, 0.15) is 23.0 Å². The first-order valence-corrected chi connectivity index (χ1v) is 5.85. The fraction of sp³-hybridized carbons (Fsp3) is 0.154. The van der Waals surface area contributed by atoms with Gasteiger partial charge in [0, 0.05) is 12.6 Å². The van der Waals surface area contributed by atoms with Crippen molar-refractivity contribution >= 4 is 17.1 Å². The summed E-state index contributed by atoms with van der Waals surface area (Å²) in [6, 6.07) is 3.35. The molecule has 0 unspecified atom stereocenters. The number of carboxylic acid groups (broad SMARTS) is 1. The number of carbonyl (C=O) groups is 1. The number of aromatic carboxylic acids is 1. The molecule has 6 nitrogen and oxygen atoms in total. The molecule has 0 saturated carbocycles. The number of aromatic nitrogens is 3. The van der Waals surface area contributed by atoms with E-state index in [9.17, 15) is 4.79 Å². The van der Waals surface area contributed by atoms with Crippen LogP contribution in [0.15, 0.2) is 29.0 Å². The summed E-state index contributed by atoms with van der Waals surface area (Å²) in [6.07, 6.45) is 3.66. The Hall–Kier alpha value is -2.63. The van der Waals surface area contributed by atoms with E-state index in [0.29, 0.717) is 17.0 Å². The average Bonchev–Trinajstić information content (AvgIpc) is 3.03. The maximum Gasteiger partial charge on any atom is 0.337 e. The van der Waals surface area contributed by atoms with E-state index >= 15 is 0 Å². The molecule has 3 heterocycles. The lowest BCUT2D eigenvalue weighted by atomic mass is 10.2. The lowest BCUT2D eigenvalue weighted by Crippen LogP contribution is -1.96. The summed E-state index contributed by atoms with van der Waals surface area (Å²) in [5, 5.41) is 8.93. The van der Waals surface area contributed by atoms with Crippen molar-refractivity contribution in [3.8, 4) is 11.4 Å². The maximum absolute atomic E-state index is 10.9. The third kappa shape index (κ3) is 1.87. The van der Waals surface area contributed by atoms with E-state index in [0.717, 1.165) is 17.7 Å². The van der Waals surface area contributed by atoms with Crippen molar-refractivity contribution in [1.29, 1.82) is 0 Å². The summed E-state index contributed by atoms with van der Waals surface area (Å²) >= 11 is 0.